The number of rotatable bonds is 9. The van der Waals surface area contributed by atoms with Crippen LogP contribution in [0.3, 0.4) is 0 Å². The molecule has 2 amide bonds. The first-order valence-corrected chi connectivity index (χ1v) is 20.5. The average Bonchev–Trinajstić information content (AvgIpc) is 3.47. The van der Waals surface area contributed by atoms with Crippen molar-refractivity contribution in [1.82, 2.24) is 0 Å². The number of benzene rings is 7. The summed E-state index contributed by atoms with van der Waals surface area (Å²) in [6.45, 7) is 3.38. The molecule has 0 saturated carbocycles. The predicted octanol–water partition coefficient (Wildman–Crippen LogP) is 9.39. The van der Waals surface area contributed by atoms with Crippen molar-refractivity contribution < 1.29 is 14.3 Å². The maximum absolute atomic E-state index is 14.2. The molecule has 7 aromatic carbocycles. The fraction of sp³-hybridized carbons (Fsp3) is 0.0833. The molecule has 0 fully saturated rings. The van der Waals surface area contributed by atoms with E-state index >= 15 is 0 Å². The molecular formula is C48H40NO3P. The van der Waals surface area contributed by atoms with Crippen molar-refractivity contribution in [2.75, 3.05) is 11.6 Å². The van der Waals surface area contributed by atoms with Gasteiger partial charge in [0.2, 0.25) is 0 Å². The number of carbonyl (C=O) groups is 2. The van der Waals surface area contributed by atoms with Crippen LogP contribution in [0.4, 0.5) is 5.69 Å². The first kappa shape index (κ1) is 34.0. The first-order chi connectivity index (χ1) is 25.7. The van der Waals surface area contributed by atoms with Crippen LogP contribution in [-0.2, 0) is 5.41 Å². The Labute approximate surface area is 311 Å². The topological polar surface area (TPSA) is 46.6 Å². The molecule has 260 valence electrons. The zero-order chi connectivity index (χ0) is 36.7. The second-order valence-corrected chi connectivity index (χ2v) is 19.6. The van der Waals surface area contributed by atoms with Gasteiger partial charge in [-0.05, 0) is 11.1 Å². The third kappa shape index (κ3) is 5.50. The second-order valence-electron chi connectivity index (χ2n) is 14.4. The summed E-state index contributed by atoms with van der Waals surface area (Å²) in [6.07, 6.45) is 0. The third-order valence-electron chi connectivity index (χ3n) is 11.1. The number of nitrogens with zero attached hydrogens (tertiary/aromatic N) is 1. The van der Waals surface area contributed by atoms with Crippen LogP contribution >= 0.6 is 6.60 Å². The number of hydrogen-bond acceptors (Lipinski definition) is 3. The number of amides is 2. The standard InChI is InChI=1S/C48H40NO3P/c1-48(2,35-17-8-4-9-18-35)36-27-29-38(30-28-36)52-39-31-32-44-45(34-39)47(51)49(46(44)50)37-19-16-26-43(33-37)53(3,40-20-10-5-11-21-40,41-22-12-6-13-23-41)42-24-14-7-15-25-42/h4-34H,1-3H3. The summed E-state index contributed by atoms with van der Waals surface area (Å²) >= 11 is 0. The molecule has 0 aromatic heterocycles. The molecule has 0 radical (unpaired) electrons. The molecule has 4 nitrogen and oxygen atoms in total. The molecule has 0 atom stereocenters. The Morgan fingerprint density at radius 1 is 0.453 bits per heavy atom. The number of ether oxygens (including phenoxy) is 1. The molecule has 7 aromatic rings. The van der Waals surface area contributed by atoms with Crippen molar-refractivity contribution in [2.24, 2.45) is 0 Å². The van der Waals surface area contributed by atoms with Gasteiger partial charge in [0.15, 0.2) is 0 Å². The monoisotopic (exact) mass is 709 g/mol. The Morgan fingerprint density at radius 3 is 1.45 bits per heavy atom. The zero-order valence-electron chi connectivity index (χ0n) is 30.0. The van der Waals surface area contributed by atoms with Gasteiger partial charge < -0.3 is 0 Å². The molecule has 8 rings (SSSR count). The van der Waals surface area contributed by atoms with Crippen molar-refractivity contribution in [1.29, 1.82) is 0 Å². The molecule has 0 unspecified atom stereocenters. The quantitative estimate of drug-likeness (QED) is 0.111. The van der Waals surface area contributed by atoms with E-state index in [1.807, 2.05) is 54.6 Å². The average molecular weight is 710 g/mol. The molecule has 1 aliphatic heterocycles. The van der Waals surface area contributed by atoms with Gasteiger partial charge in [0, 0.05) is 5.41 Å². The molecule has 0 aliphatic carbocycles. The zero-order valence-corrected chi connectivity index (χ0v) is 30.9. The van der Waals surface area contributed by atoms with E-state index in [9.17, 15) is 9.59 Å². The molecule has 53 heavy (non-hydrogen) atoms. The van der Waals surface area contributed by atoms with E-state index in [1.54, 1.807) is 18.2 Å². The Hall–Kier alpha value is -6.09. The second kappa shape index (κ2) is 13.2. The third-order valence-corrected chi connectivity index (χ3v) is 17.4. The van der Waals surface area contributed by atoms with Crippen molar-refractivity contribution in [3.05, 3.63) is 210 Å². The van der Waals surface area contributed by atoms with Gasteiger partial charge in [-0.15, -0.1) is 0 Å². The van der Waals surface area contributed by atoms with Crippen LogP contribution in [0, 0.1) is 0 Å². The van der Waals surface area contributed by atoms with Crippen LogP contribution < -0.4 is 30.9 Å². The molecule has 0 N–H and O–H groups in total. The van der Waals surface area contributed by atoms with Crippen LogP contribution in [0.15, 0.2) is 188 Å². The van der Waals surface area contributed by atoms with E-state index in [2.05, 4.69) is 136 Å². The van der Waals surface area contributed by atoms with E-state index in [1.165, 1.54) is 26.4 Å². The number of hydrogen-bond donors (Lipinski definition) is 0. The minimum absolute atomic E-state index is 0.177. The normalized spacial score (nSPS) is 13.6. The summed E-state index contributed by atoms with van der Waals surface area (Å²) in [5, 5.41) is 4.62. The van der Waals surface area contributed by atoms with Gasteiger partial charge in [-0.25, -0.2) is 0 Å². The molecule has 1 heterocycles. The van der Waals surface area contributed by atoms with E-state index in [-0.39, 0.29) is 17.2 Å². The van der Waals surface area contributed by atoms with Gasteiger partial charge in [-0.1, -0.05) is 44.2 Å². The molecule has 5 heteroatoms. The van der Waals surface area contributed by atoms with Crippen molar-refractivity contribution in [2.45, 2.75) is 19.3 Å². The van der Waals surface area contributed by atoms with Crippen molar-refractivity contribution in [3.63, 3.8) is 0 Å². The van der Waals surface area contributed by atoms with E-state index in [0.29, 0.717) is 28.3 Å². The van der Waals surface area contributed by atoms with Crippen LogP contribution in [0.1, 0.15) is 45.7 Å². The van der Waals surface area contributed by atoms with Crippen molar-refractivity contribution in [3.8, 4) is 11.5 Å². The van der Waals surface area contributed by atoms with E-state index in [0.717, 1.165) is 10.9 Å². The number of carbonyl (C=O) groups excluding carboxylic acids is 2. The summed E-state index contributed by atoms with van der Waals surface area (Å²) in [5.41, 5.74) is 3.43. The maximum atomic E-state index is 14.2. The molecule has 0 bridgehead atoms. The summed E-state index contributed by atoms with van der Waals surface area (Å²) < 4.78 is 6.25. The van der Waals surface area contributed by atoms with Gasteiger partial charge in [0.25, 0.3) is 0 Å². The van der Waals surface area contributed by atoms with Crippen LogP contribution in [0.2, 0.25) is 0 Å². The summed E-state index contributed by atoms with van der Waals surface area (Å²) in [4.78, 5) is 29.6. The van der Waals surface area contributed by atoms with Crippen LogP contribution in [0.25, 0.3) is 0 Å². The number of imide groups is 1. The summed E-state index contributed by atoms with van der Waals surface area (Å²) in [7, 11) is 0. The fourth-order valence-electron chi connectivity index (χ4n) is 7.89. The SMILES string of the molecule is CC(C)(c1ccccc1)c1ccc(Oc2ccc3c(c2)C(=O)N(c2cccc(P(C)(c4ccccc4)(c4ccccc4)c4ccccc4)c2)C3=O)cc1. The minimum atomic E-state index is -3.40. The van der Waals surface area contributed by atoms with Crippen molar-refractivity contribution >= 4 is 45.3 Å². The van der Waals surface area contributed by atoms with Gasteiger partial charge in [0.05, 0.1) is 0 Å². The predicted molar refractivity (Wildman–Crippen MR) is 220 cm³/mol. The van der Waals surface area contributed by atoms with Gasteiger partial charge in [0.1, 0.15) is 0 Å². The Morgan fingerprint density at radius 2 is 0.906 bits per heavy atom. The molecule has 1 aliphatic rings. The molecule has 0 spiro atoms. The van der Waals surface area contributed by atoms with Gasteiger partial charge in [-0.3, -0.25) is 0 Å². The fourth-order valence-corrected chi connectivity index (χ4v) is 13.3. The Kier molecular flexibility index (Phi) is 8.44. The molecule has 0 saturated heterocycles. The summed E-state index contributed by atoms with van der Waals surface area (Å²) in [5.74, 6) is 0.419. The van der Waals surface area contributed by atoms with Crippen LogP contribution in [0.5, 0.6) is 11.5 Å². The van der Waals surface area contributed by atoms with E-state index in [4.69, 9.17) is 4.74 Å². The number of anilines is 1. The first-order valence-electron chi connectivity index (χ1n) is 17.9. The van der Waals surface area contributed by atoms with Gasteiger partial charge in [-0.2, -0.15) is 0 Å². The molecular weight excluding hydrogens is 670 g/mol. The Balaban J connectivity index is 1.15. The Bertz CT molecular complexity index is 2350. The summed E-state index contributed by atoms with van der Waals surface area (Å²) in [6, 6.07) is 63.4. The number of fused-ring (bicyclic) bond motifs is 1. The van der Waals surface area contributed by atoms with Crippen LogP contribution in [-0.4, -0.2) is 18.5 Å². The van der Waals surface area contributed by atoms with E-state index < -0.39 is 6.60 Å². The van der Waals surface area contributed by atoms with Gasteiger partial charge >= 0.3 is 252 Å².